The Bertz CT molecular complexity index is 1010. The molecule has 2 aliphatic heterocycles. The number of nitrogens with zero attached hydrogens (tertiary/aromatic N) is 3. The van der Waals surface area contributed by atoms with Crippen LogP contribution in [0.15, 0.2) is 65.6 Å². The molecule has 0 saturated carbocycles. The fraction of sp³-hybridized carbons (Fsp3) is 0.391. The first-order chi connectivity index (χ1) is 13.8. The third kappa shape index (κ3) is 3.84. The van der Waals surface area contributed by atoms with Crippen LogP contribution in [0.4, 0.5) is 5.69 Å². The molecule has 4 rings (SSSR count). The summed E-state index contributed by atoms with van der Waals surface area (Å²) in [6.07, 6.45) is 2.13. The number of sulfonamides is 1. The molecular formula is C23H29N3O2S. The first-order valence-corrected chi connectivity index (χ1v) is 11.6. The largest absolute Gasteiger partial charge is 0.304 e. The molecule has 1 fully saturated rings. The summed E-state index contributed by atoms with van der Waals surface area (Å²) < 4.78 is 28.7. The quantitative estimate of drug-likeness (QED) is 0.774. The van der Waals surface area contributed by atoms with Gasteiger partial charge in [0.15, 0.2) is 0 Å². The maximum Gasteiger partial charge on any atom is 0.265 e. The van der Waals surface area contributed by atoms with Gasteiger partial charge in [0.25, 0.3) is 10.0 Å². The molecule has 154 valence electrons. The van der Waals surface area contributed by atoms with Crippen molar-refractivity contribution in [1.29, 1.82) is 0 Å². The second kappa shape index (κ2) is 7.59. The first-order valence-electron chi connectivity index (χ1n) is 10.1. The summed E-state index contributed by atoms with van der Waals surface area (Å²) in [5.41, 5.74) is 2.30. The van der Waals surface area contributed by atoms with Crippen LogP contribution in [0.1, 0.15) is 19.4 Å². The molecular weight excluding hydrogens is 382 g/mol. The van der Waals surface area contributed by atoms with E-state index in [4.69, 9.17) is 0 Å². The molecule has 0 aliphatic carbocycles. The fourth-order valence-corrected chi connectivity index (χ4v) is 6.11. The highest BCUT2D eigenvalue weighted by Gasteiger charge is 2.41. The van der Waals surface area contributed by atoms with E-state index in [1.165, 1.54) is 5.57 Å². The summed E-state index contributed by atoms with van der Waals surface area (Å²) in [7, 11) is -1.52. The third-order valence-corrected chi connectivity index (χ3v) is 7.81. The summed E-state index contributed by atoms with van der Waals surface area (Å²) >= 11 is 0. The van der Waals surface area contributed by atoms with Crippen molar-refractivity contribution in [3.63, 3.8) is 0 Å². The van der Waals surface area contributed by atoms with Gasteiger partial charge in [0.2, 0.25) is 0 Å². The lowest BCUT2D eigenvalue weighted by molar-refractivity contribution is 0.168. The second-order valence-electron chi connectivity index (χ2n) is 8.50. The van der Waals surface area contributed by atoms with Gasteiger partial charge >= 0.3 is 0 Å². The number of likely N-dealkylation sites (N-methyl/N-ethyl adjacent to an activating group) is 1. The molecule has 29 heavy (non-hydrogen) atoms. The van der Waals surface area contributed by atoms with E-state index in [2.05, 4.69) is 22.9 Å². The van der Waals surface area contributed by atoms with Gasteiger partial charge in [-0.05, 0) is 44.7 Å². The van der Waals surface area contributed by atoms with E-state index in [-0.39, 0.29) is 0 Å². The maximum atomic E-state index is 13.6. The van der Waals surface area contributed by atoms with Crippen molar-refractivity contribution < 1.29 is 8.42 Å². The Morgan fingerprint density at radius 1 is 0.897 bits per heavy atom. The van der Waals surface area contributed by atoms with E-state index in [0.29, 0.717) is 4.90 Å². The number of para-hydroxylation sites is 1. The number of anilines is 1. The van der Waals surface area contributed by atoms with E-state index in [9.17, 15) is 8.42 Å². The zero-order chi connectivity index (χ0) is 20.6. The van der Waals surface area contributed by atoms with Crippen molar-refractivity contribution in [3.05, 3.63) is 66.2 Å². The highest BCUT2D eigenvalue weighted by molar-refractivity contribution is 7.93. The van der Waals surface area contributed by atoms with Gasteiger partial charge in [0.05, 0.1) is 16.1 Å². The van der Waals surface area contributed by atoms with Crippen LogP contribution in [0.5, 0.6) is 0 Å². The molecule has 0 atom stereocenters. The highest BCUT2D eigenvalue weighted by atomic mass is 32.2. The molecule has 0 radical (unpaired) electrons. The lowest BCUT2D eigenvalue weighted by atomic mass is 9.90. The predicted molar refractivity (Wildman–Crippen MR) is 119 cm³/mol. The van der Waals surface area contributed by atoms with Crippen molar-refractivity contribution in [2.75, 3.05) is 44.1 Å². The highest BCUT2D eigenvalue weighted by Crippen LogP contribution is 2.42. The second-order valence-corrected chi connectivity index (χ2v) is 10.3. The molecule has 2 aliphatic rings. The minimum Gasteiger partial charge on any atom is -0.304 e. The van der Waals surface area contributed by atoms with Crippen LogP contribution in [-0.2, 0) is 10.0 Å². The Labute approximate surface area is 174 Å². The number of benzene rings is 2. The first kappa shape index (κ1) is 20.1. The molecule has 1 saturated heterocycles. The van der Waals surface area contributed by atoms with Crippen LogP contribution in [0.2, 0.25) is 0 Å². The van der Waals surface area contributed by atoms with Crippen LogP contribution >= 0.6 is 0 Å². The lowest BCUT2D eigenvalue weighted by Gasteiger charge is -2.43. The molecule has 2 heterocycles. The molecule has 0 aromatic heterocycles. The SMILES string of the molecule is CN1CCN(CC2=CC(C)(C)N(S(=O)(=O)c3ccccc3)c3ccccc32)CC1. The number of fused-ring (bicyclic) bond motifs is 1. The van der Waals surface area contributed by atoms with Gasteiger partial charge < -0.3 is 4.90 Å². The average Bonchev–Trinajstić information content (AvgIpc) is 2.69. The zero-order valence-corrected chi connectivity index (χ0v) is 18.2. The van der Waals surface area contributed by atoms with Crippen LogP contribution in [0.3, 0.4) is 0 Å². The summed E-state index contributed by atoms with van der Waals surface area (Å²) in [5, 5.41) is 0. The summed E-state index contributed by atoms with van der Waals surface area (Å²) in [5.74, 6) is 0. The van der Waals surface area contributed by atoms with E-state index < -0.39 is 15.6 Å². The van der Waals surface area contributed by atoms with Crippen LogP contribution in [0, 0.1) is 0 Å². The van der Waals surface area contributed by atoms with E-state index >= 15 is 0 Å². The Morgan fingerprint density at radius 3 is 2.21 bits per heavy atom. The number of hydrogen-bond donors (Lipinski definition) is 0. The van der Waals surface area contributed by atoms with Gasteiger partial charge in [0, 0.05) is 38.3 Å². The minimum absolute atomic E-state index is 0.318. The number of rotatable bonds is 4. The van der Waals surface area contributed by atoms with E-state index in [0.717, 1.165) is 44.0 Å². The molecule has 0 N–H and O–H groups in total. The Hall–Kier alpha value is -2.15. The van der Waals surface area contributed by atoms with Gasteiger partial charge in [-0.3, -0.25) is 9.21 Å². The van der Waals surface area contributed by atoms with E-state index in [1.807, 2.05) is 44.2 Å². The molecule has 0 bridgehead atoms. The Kier molecular flexibility index (Phi) is 5.27. The van der Waals surface area contributed by atoms with Crippen LogP contribution in [0.25, 0.3) is 5.57 Å². The topological polar surface area (TPSA) is 43.9 Å². The minimum atomic E-state index is -3.68. The van der Waals surface area contributed by atoms with Crippen molar-refractivity contribution in [2.45, 2.75) is 24.3 Å². The Balaban J connectivity index is 1.75. The monoisotopic (exact) mass is 411 g/mol. The lowest BCUT2D eigenvalue weighted by Crippen LogP contribution is -2.50. The molecule has 2 aromatic rings. The fourth-order valence-electron chi connectivity index (χ4n) is 4.31. The number of piperazine rings is 1. The zero-order valence-electron chi connectivity index (χ0n) is 17.4. The summed E-state index contributed by atoms with van der Waals surface area (Å²) in [6, 6.07) is 16.6. The number of hydrogen-bond acceptors (Lipinski definition) is 4. The predicted octanol–water partition coefficient (Wildman–Crippen LogP) is 3.30. The maximum absolute atomic E-state index is 13.6. The molecule has 6 heteroatoms. The van der Waals surface area contributed by atoms with Crippen molar-refractivity contribution in [2.24, 2.45) is 0 Å². The standard InChI is InChI=1S/C23H29N3O2S/c1-23(2)17-19(18-25-15-13-24(3)14-16-25)21-11-7-8-12-22(21)26(23)29(27,28)20-9-5-4-6-10-20/h4-12,17H,13-16,18H2,1-3H3. The molecule has 0 amide bonds. The molecule has 5 nitrogen and oxygen atoms in total. The smallest absolute Gasteiger partial charge is 0.265 e. The van der Waals surface area contributed by atoms with Crippen molar-refractivity contribution in [3.8, 4) is 0 Å². The van der Waals surface area contributed by atoms with Gasteiger partial charge in [0.1, 0.15) is 0 Å². The van der Waals surface area contributed by atoms with Gasteiger partial charge in [-0.2, -0.15) is 0 Å². The molecule has 0 unspecified atom stereocenters. The molecule has 0 spiro atoms. The average molecular weight is 412 g/mol. The summed E-state index contributed by atoms with van der Waals surface area (Å²) in [4.78, 5) is 5.12. The Morgan fingerprint density at radius 2 is 1.52 bits per heavy atom. The summed E-state index contributed by atoms with van der Waals surface area (Å²) in [6.45, 7) is 8.99. The third-order valence-electron chi connectivity index (χ3n) is 5.79. The van der Waals surface area contributed by atoms with Crippen LogP contribution in [-0.4, -0.2) is 63.5 Å². The van der Waals surface area contributed by atoms with Crippen molar-refractivity contribution in [1.82, 2.24) is 9.80 Å². The van der Waals surface area contributed by atoms with Crippen molar-refractivity contribution >= 4 is 21.3 Å². The normalized spacial score (nSPS) is 20.2. The van der Waals surface area contributed by atoms with Gasteiger partial charge in [-0.15, -0.1) is 0 Å². The van der Waals surface area contributed by atoms with Crippen LogP contribution < -0.4 is 4.31 Å². The molecule has 2 aromatic carbocycles. The van der Waals surface area contributed by atoms with E-state index in [1.54, 1.807) is 28.6 Å². The van der Waals surface area contributed by atoms with Gasteiger partial charge in [-0.1, -0.05) is 42.5 Å². The van der Waals surface area contributed by atoms with Gasteiger partial charge in [-0.25, -0.2) is 8.42 Å².